The molecule has 14 heteroatoms. The zero-order valence-electron chi connectivity index (χ0n) is 20.5. The molecule has 10 nitrogen and oxygen atoms in total. The molecule has 1 unspecified atom stereocenters. The zero-order chi connectivity index (χ0) is 27.7. The van der Waals surface area contributed by atoms with E-state index in [2.05, 4.69) is 30.4 Å². The second-order valence-electron chi connectivity index (χ2n) is 8.83. The summed E-state index contributed by atoms with van der Waals surface area (Å²) in [7, 11) is 0. The van der Waals surface area contributed by atoms with E-state index in [0.29, 0.717) is 11.5 Å². The van der Waals surface area contributed by atoms with Crippen LogP contribution in [0, 0.1) is 12.7 Å². The third-order valence-electron chi connectivity index (χ3n) is 6.32. The number of benzene rings is 1. The smallest absolute Gasteiger partial charge is 0.276 e. The van der Waals surface area contributed by atoms with Crippen LogP contribution >= 0.6 is 11.6 Å². The fraction of sp³-hybridized carbons (Fsp3) is 0.280. The van der Waals surface area contributed by atoms with Gasteiger partial charge in [0.25, 0.3) is 12.3 Å². The van der Waals surface area contributed by atoms with Gasteiger partial charge in [0.2, 0.25) is 5.95 Å². The number of rotatable bonds is 8. The number of anilines is 2. The Balaban J connectivity index is 1.37. The predicted molar refractivity (Wildman–Crippen MR) is 136 cm³/mol. The minimum atomic E-state index is -3.00. The maximum atomic E-state index is 14.7. The molecular weight excluding hydrogens is 537 g/mol. The van der Waals surface area contributed by atoms with Crippen molar-refractivity contribution in [1.29, 1.82) is 0 Å². The van der Waals surface area contributed by atoms with Crippen molar-refractivity contribution in [2.45, 2.75) is 25.8 Å². The molecule has 1 aliphatic rings. The summed E-state index contributed by atoms with van der Waals surface area (Å²) in [6.07, 6.45) is 5.30. The van der Waals surface area contributed by atoms with E-state index in [4.69, 9.17) is 11.6 Å². The first-order valence-corrected chi connectivity index (χ1v) is 12.3. The van der Waals surface area contributed by atoms with Gasteiger partial charge in [-0.1, -0.05) is 17.7 Å². The van der Waals surface area contributed by atoms with Gasteiger partial charge in [0.1, 0.15) is 11.7 Å². The molecule has 1 aliphatic heterocycles. The van der Waals surface area contributed by atoms with E-state index in [1.165, 1.54) is 24.0 Å². The highest BCUT2D eigenvalue weighted by Crippen LogP contribution is 2.35. The Morgan fingerprint density at radius 1 is 1.15 bits per heavy atom. The van der Waals surface area contributed by atoms with Gasteiger partial charge in [-0.3, -0.25) is 14.5 Å². The SMILES string of the molecule is Cc1ncc(-c2c(C(F)F)ccc(Cl)c2F)nc1C(=O)Nc1cnn(C(CO)c2cnc(N3CCC3)nc2)c1. The van der Waals surface area contributed by atoms with Crippen molar-refractivity contribution in [2.24, 2.45) is 0 Å². The van der Waals surface area contributed by atoms with Gasteiger partial charge >= 0.3 is 0 Å². The maximum absolute atomic E-state index is 14.7. The topological polar surface area (TPSA) is 122 Å². The molecule has 2 N–H and O–H groups in total. The number of nitrogens with zero attached hydrogens (tertiary/aromatic N) is 7. The summed E-state index contributed by atoms with van der Waals surface area (Å²) >= 11 is 5.81. The fourth-order valence-corrected chi connectivity index (χ4v) is 4.24. The highest BCUT2D eigenvalue weighted by Gasteiger charge is 2.24. The normalized spacial score (nSPS) is 13.9. The lowest BCUT2D eigenvalue weighted by molar-refractivity contribution is 0.102. The first kappa shape index (κ1) is 26.5. The highest BCUT2D eigenvalue weighted by atomic mass is 35.5. The number of carbonyl (C=O) groups is 1. The Morgan fingerprint density at radius 3 is 2.54 bits per heavy atom. The van der Waals surface area contributed by atoms with Gasteiger partial charge in [-0.05, 0) is 19.4 Å². The summed E-state index contributed by atoms with van der Waals surface area (Å²) in [6.45, 7) is 3.01. The summed E-state index contributed by atoms with van der Waals surface area (Å²) in [6, 6.07) is 1.42. The molecule has 3 aromatic heterocycles. The monoisotopic (exact) mass is 558 g/mol. The largest absolute Gasteiger partial charge is 0.394 e. The Bertz CT molecular complexity index is 1510. The minimum absolute atomic E-state index is 0.192. The van der Waals surface area contributed by atoms with Crippen molar-refractivity contribution in [1.82, 2.24) is 29.7 Å². The van der Waals surface area contributed by atoms with Crippen molar-refractivity contribution < 1.29 is 23.1 Å². The first-order valence-electron chi connectivity index (χ1n) is 11.9. The highest BCUT2D eigenvalue weighted by molar-refractivity contribution is 6.31. The van der Waals surface area contributed by atoms with Gasteiger partial charge < -0.3 is 15.3 Å². The van der Waals surface area contributed by atoms with Crippen molar-refractivity contribution >= 4 is 29.1 Å². The summed E-state index contributed by atoms with van der Waals surface area (Å²) < 4.78 is 43.3. The first-order chi connectivity index (χ1) is 18.8. The molecule has 1 amide bonds. The summed E-state index contributed by atoms with van der Waals surface area (Å²) in [5, 5.41) is 16.5. The number of halogens is 4. The molecule has 1 fully saturated rings. The van der Waals surface area contributed by atoms with E-state index >= 15 is 0 Å². The van der Waals surface area contributed by atoms with E-state index in [-0.39, 0.29) is 34.4 Å². The van der Waals surface area contributed by atoms with Crippen LogP contribution in [-0.4, -0.2) is 60.4 Å². The lowest BCUT2D eigenvalue weighted by atomic mass is 10.0. The van der Waals surface area contributed by atoms with Crippen molar-refractivity contribution in [3.63, 3.8) is 0 Å². The number of aliphatic hydroxyl groups is 1. The maximum Gasteiger partial charge on any atom is 0.276 e. The lowest BCUT2D eigenvalue weighted by Gasteiger charge is -2.30. The molecule has 0 saturated carbocycles. The summed E-state index contributed by atoms with van der Waals surface area (Å²) in [5.41, 5.74) is -0.537. The molecule has 1 aromatic carbocycles. The van der Waals surface area contributed by atoms with Crippen LogP contribution in [0.2, 0.25) is 5.02 Å². The van der Waals surface area contributed by atoms with Gasteiger partial charge in [0.05, 0.1) is 41.1 Å². The van der Waals surface area contributed by atoms with Crippen LogP contribution in [0.4, 0.5) is 24.8 Å². The third-order valence-corrected chi connectivity index (χ3v) is 6.61. The van der Waals surface area contributed by atoms with E-state index in [1.54, 1.807) is 12.4 Å². The second-order valence-corrected chi connectivity index (χ2v) is 9.24. The number of aliphatic hydroxyl groups excluding tert-OH is 1. The molecule has 0 aliphatic carbocycles. The van der Waals surface area contributed by atoms with Crippen LogP contribution < -0.4 is 10.2 Å². The van der Waals surface area contributed by atoms with Crippen LogP contribution in [0.5, 0.6) is 0 Å². The average molecular weight is 559 g/mol. The van der Waals surface area contributed by atoms with E-state index in [1.807, 2.05) is 4.90 Å². The molecule has 4 aromatic rings. The minimum Gasteiger partial charge on any atom is -0.394 e. The molecule has 1 saturated heterocycles. The van der Waals surface area contributed by atoms with E-state index in [0.717, 1.165) is 37.8 Å². The molecule has 0 bridgehead atoms. The zero-order valence-corrected chi connectivity index (χ0v) is 21.3. The number of hydrogen-bond donors (Lipinski definition) is 2. The van der Waals surface area contributed by atoms with Crippen LogP contribution in [0.25, 0.3) is 11.3 Å². The van der Waals surface area contributed by atoms with Crippen LogP contribution in [-0.2, 0) is 0 Å². The third kappa shape index (κ3) is 5.27. The predicted octanol–water partition coefficient (Wildman–Crippen LogP) is 4.21. The van der Waals surface area contributed by atoms with Crippen LogP contribution in [0.15, 0.2) is 43.1 Å². The van der Waals surface area contributed by atoms with Gasteiger partial charge in [0.15, 0.2) is 5.82 Å². The van der Waals surface area contributed by atoms with E-state index in [9.17, 15) is 23.1 Å². The van der Waals surface area contributed by atoms with Gasteiger partial charge in [0, 0.05) is 48.4 Å². The Hall–Kier alpha value is -4.10. The van der Waals surface area contributed by atoms with Crippen LogP contribution in [0.3, 0.4) is 0 Å². The van der Waals surface area contributed by atoms with Gasteiger partial charge in [-0.15, -0.1) is 0 Å². The number of amides is 1. The summed E-state index contributed by atoms with van der Waals surface area (Å²) in [4.78, 5) is 32.0. The molecule has 0 spiro atoms. The molecular formula is C25H22ClF3N8O2. The Kier molecular flexibility index (Phi) is 7.44. The van der Waals surface area contributed by atoms with E-state index < -0.39 is 35.3 Å². The standard InChI is InChI=1S/C25H22ClF3N8O2/c1-13-22(35-18(10-30-13)20-16(23(28)29)3-4-17(26)21(20)27)24(39)34-15-9-33-37(11-15)19(12-38)14-7-31-25(32-8-14)36-5-2-6-36/h3-4,7-11,19,23,38H,2,5-6,12H2,1H3,(H,34,39). The molecule has 1 atom stereocenters. The quantitative estimate of drug-likeness (QED) is 0.330. The number of aromatic nitrogens is 6. The second kappa shape index (κ2) is 10.9. The van der Waals surface area contributed by atoms with Crippen molar-refractivity contribution in [2.75, 3.05) is 29.9 Å². The number of hydrogen-bond acceptors (Lipinski definition) is 8. The molecule has 4 heterocycles. The number of aryl methyl sites for hydroxylation is 1. The summed E-state index contributed by atoms with van der Waals surface area (Å²) in [5.74, 6) is -1.19. The Morgan fingerprint density at radius 2 is 1.90 bits per heavy atom. The number of alkyl halides is 2. The number of nitrogens with one attached hydrogen (secondary N) is 1. The number of carbonyl (C=O) groups excluding carboxylic acids is 1. The molecule has 39 heavy (non-hydrogen) atoms. The molecule has 5 rings (SSSR count). The van der Waals surface area contributed by atoms with Gasteiger partial charge in [-0.25, -0.2) is 28.1 Å². The molecule has 202 valence electrons. The lowest BCUT2D eigenvalue weighted by Crippen LogP contribution is -2.38. The fourth-order valence-electron chi connectivity index (χ4n) is 4.08. The molecule has 0 radical (unpaired) electrons. The van der Waals surface area contributed by atoms with Crippen molar-refractivity contribution in [3.8, 4) is 11.3 Å². The van der Waals surface area contributed by atoms with Crippen LogP contribution in [0.1, 0.15) is 46.2 Å². The van der Waals surface area contributed by atoms with Crippen molar-refractivity contribution in [3.05, 3.63) is 76.5 Å². The Labute approximate surface area is 225 Å². The van der Waals surface area contributed by atoms with Gasteiger partial charge in [-0.2, -0.15) is 5.10 Å². The average Bonchev–Trinajstić information content (AvgIpc) is 3.34.